The molecule has 0 aromatic carbocycles. The van der Waals surface area contributed by atoms with Gasteiger partial charge in [0.2, 0.25) is 25.8 Å². The van der Waals surface area contributed by atoms with Gasteiger partial charge in [-0.25, -0.2) is 0 Å². The second kappa shape index (κ2) is 4.73. The fraction of sp³-hybridized carbons (Fsp3) is 0.286. The molecular weight excluding hydrogens is 264 g/mol. The lowest BCUT2D eigenvalue weighted by Gasteiger charge is -2.09. The minimum Gasteiger partial charge on any atom is -0.276 e. The van der Waals surface area contributed by atoms with Crippen molar-refractivity contribution >= 4 is 47.2 Å². The molecular formula is C7H5ClO5S2. The number of carbonyl (C=O) groups is 1. The van der Waals surface area contributed by atoms with Gasteiger partial charge < -0.3 is 0 Å². The molecule has 0 atom stereocenters. The summed E-state index contributed by atoms with van der Waals surface area (Å²) in [5, 5.41) is -0.847. The van der Waals surface area contributed by atoms with Crippen LogP contribution < -0.4 is 0 Å². The number of allylic oxidation sites excluding steroid dienone is 2. The number of hydrogen-bond acceptors (Lipinski definition) is 5. The van der Waals surface area contributed by atoms with Crippen LogP contribution in [0, 0.1) is 0 Å². The first-order chi connectivity index (χ1) is 6.91. The normalized spacial score (nSPS) is 15.9. The average molecular weight is 269 g/mol. The zero-order valence-corrected chi connectivity index (χ0v) is 9.62. The molecule has 0 saturated heterocycles. The summed E-state index contributed by atoms with van der Waals surface area (Å²) in [7, 11) is -5.05. The highest BCUT2D eigenvalue weighted by atomic mass is 35.5. The molecule has 0 aromatic heterocycles. The predicted molar refractivity (Wildman–Crippen MR) is 56.0 cm³/mol. The Kier molecular flexibility index (Phi) is 3.83. The largest absolute Gasteiger partial charge is 0.276 e. The van der Waals surface area contributed by atoms with E-state index in [-0.39, 0.29) is 28.1 Å². The molecule has 0 unspecified atom stereocenters. The number of halogens is 1. The first-order valence-electron chi connectivity index (χ1n) is 3.71. The lowest BCUT2D eigenvalue weighted by atomic mass is 10.0. The third-order valence-corrected chi connectivity index (χ3v) is 3.49. The van der Waals surface area contributed by atoms with Crippen molar-refractivity contribution in [3.63, 3.8) is 0 Å². The molecule has 0 amide bonds. The fourth-order valence-electron chi connectivity index (χ4n) is 1.12. The van der Waals surface area contributed by atoms with Gasteiger partial charge in [-0.3, -0.25) is 4.79 Å². The van der Waals surface area contributed by atoms with E-state index < -0.39 is 25.8 Å². The Morgan fingerprint density at radius 1 is 1.13 bits per heavy atom. The van der Waals surface area contributed by atoms with Gasteiger partial charge in [0.25, 0.3) is 0 Å². The van der Waals surface area contributed by atoms with E-state index in [0.29, 0.717) is 0 Å². The number of carbonyl (C=O) groups excluding carboxylic acids is 1. The molecule has 0 saturated carbocycles. The Morgan fingerprint density at radius 2 is 1.73 bits per heavy atom. The highest BCUT2D eigenvalue weighted by Gasteiger charge is 2.20. The Hall–Kier alpha value is -0.920. The van der Waals surface area contributed by atoms with E-state index in [4.69, 9.17) is 11.6 Å². The fourth-order valence-corrected chi connectivity index (χ4v) is 2.41. The first kappa shape index (κ1) is 12.2. The van der Waals surface area contributed by atoms with Crippen LogP contribution in [0.25, 0.3) is 0 Å². The highest BCUT2D eigenvalue weighted by Crippen LogP contribution is 2.15. The molecule has 5 nitrogen and oxygen atoms in total. The molecule has 1 aliphatic rings. The van der Waals surface area contributed by atoms with E-state index in [9.17, 15) is 21.6 Å². The van der Waals surface area contributed by atoms with E-state index in [1.165, 1.54) is 0 Å². The molecule has 0 heterocycles. The van der Waals surface area contributed by atoms with E-state index in [0.717, 1.165) is 6.08 Å². The van der Waals surface area contributed by atoms with Crippen LogP contribution in [0.4, 0.5) is 0 Å². The Labute approximate surface area is 93.4 Å². The van der Waals surface area contributed by atoms with Gasteiger partial charge in [-0.05, 0) is 17.7 Å². The van der Waals surface area contributed by atoms with Crippen molar-refractivity contribution in [3.05, 3.63) is 11.6 Å². The molecule has 0 radical (unpaired) electrons. The minimum absolute atomic E-state index is 0.0266. The van der Waals surface area contributed by atoms with E-state index in [1.807, 2.05) is 0 Å². The van der Waals surface area contributed by atoms with E-state index >= 15 is 0 Å². The van der Waals surface area contributed by atoms with Crippen molar-refractivity contribution in [2.75, 3.05) is 0 Å². The van der Waals surface area contributed by atoms with E-state index in [2.05, 4.69) is 0 Å². The maximum absolute atomic E-state index is 10.8. The van der Waals surface area contributed by atoms with Gasteiger partial charge in [0.05, 0.1) is 9.73 Å². The van der Waals surface area contributed by atoms with Gasteiger partial charge in [-0.15, -0.1) is 0 Å². The second-order valence-electron chi connectivity index (χ2n) is 2.77. The van der Waals surface area contributed by atoms with Crippen molar-refractivity contribution in [1.29, 1.82) is 0 Å². The summed E-state index contributed by atoms with van der Waals surface area (Å²) in [6, 6.07) is 0. The summed E-state index contributed by atoms with van der Waals surface area (Å²) >= 11 is 5.16. The minimum atomic E-state index is -2.54. The summed E-state index contributed by atoms with van der Waals surface area (Å²) in [6.07, 6.45) is 0.786. The summed E-state index contributed by atoms with van der Waals surface area (Å²) < 4.78 is 42.6. The maximum atomic E-state index is 10.8. The third kappa shape index (κ3) is 3.01. The molecule has 0 aromatic rings. The summed E-state index contributed by atoms with van der Waals surface area (Å²) in [5.74, 6) is 0. The van der Waals surface area contributed by atoms with Crippen molar-refractivity contribution in [2.24, 2.45) is 0 Å². The van der Waals surface area contributed by atoms with Gasteiger partial charge in [0, 0.05) is 18.4 Å². The van der Waals surface area contributed by atoms with Crippen molar-refractivity contribution in [3.8, 4) is 0 Å². The van der Waals surface area contributed by atoms with E-state index in [1.54, 1.807) is 0 Å². The molecule has 8 heteroatoms. The lowest BCUT2D eigenvalue weighted by molar-refractivity contribution is -0.108. The Bertz CT molecular complexity index is 590. The number of hydrogen-bond donors (Lipinski definition) is 0. The van der Waals surface area contributed by atoms with Crippen LogP contribution >= 0.6 is 11.6 Å². The second-order valence-corrected chi connectivity index (χ2v) is 5.16. The van der Waals surface area contributed by atoms with Crippen molar-refractivity contribution in [2.45, 2.75) is 12.8 Å². The van der Waals surface area contributed by atoms with Crippen LogP contribution in [0.5, 0.6) is 0 Å². The zero-order valence-electron chi connectivity index (χ0n) is 7.23. The molecule has 0 spiro atoms. The van der Waals surface area contributed by atoms with Crippen LogP contribution in [-0.4, -0.2) is 31.8 Å². The van der Waals surface area contributed by atoms with Crippen LogP contribution in [0.1, 0.15) is 12.8 Å². The van der Waals surface area contributed by atoms with Gasteiger partial charge in [0.15, 0.2) is 0 Å². The lowest BCUT2D eigenvalue weighted by Crippen LogP contribution is -2.17. The van der Waals surface area contributed by atoms with Gasteiger partial charge in [-0.1, -0.05) is 0 Å². The molecule has 0 fully saturated rings. The third-order valence-electron chi connectivity index (χ3n) is 1.80. The van der Waals surface area contributed by atoms with Gasteiger partial charge in [-0.2, -0.15) is 16.8 Å². The Balaban J connectivity index is 3.43. The summed E-state index contributed by atoms with van der Waals surface area (Å²) in [6.45, 7) is 0. The molecule has 0 N–H and O–H groups in total. The van der Waals surface area contributed by atoms with Crippen LogP contribution in [-0.2, 0) is 25.4 Å². The highest BCUT2D eigenvalue weighted by molar-refractivity contribution is 7.75. The topological polar surface area (TPSA) is 85.3 Å². The monoisotopic (exact) mass is 268 g/mol. The molecule has 82 valence electrons. The van der Waals surface area contributed by atoms with Crippen molar-refractivity contribution in [1.82, 2.24) is 0 Å². The van der Waals surface area contributed by atoms with Crippen LogP contribution in [0.2, 0.25) is 0 Å². The summed E-state index contributed by atoms with van der Waals surface area (Å²) in [5.41, 5.74) is -0.0266. The quantitative estimate of drug-likeness (QED) is 0.476. The smallest absolute Gasteiger partial charge is 0.248 e. The maximum Gasteiger partial charge on any atom is 0.248 e. The molecule has 1 aliphatic carbocycles. The standard InChI is InChI=1S/C7H5ClO5S2/c8-7(9)4-1-5(14(10)11)3-6(2-4)15(12)13/h1H,2-3H2. The SMILES string of the molecule is O=C(Cl)C1=CC(=S(=O)=O)CC(=S(=O)=O)C1. The molecule has 0 aliphatic heterocycles. The average Bonchev–Trinajstić information content (AvgIpc) is 2.16. The number of rotatable bonds is 1. The van der Waals surface area contributed by atoms with Crippen molar-refractivity contribution < 1.29 is 21.6 Å². The van der Waals surface area contributed by atoms with Crippen LogP contribution in [0.3, 0.4) is 0 Å². The Morgan fingerprint density at radius 3 is 2.13 bits per heavy atom. The van der Waals surface area contributed by atoms with Crippen LogP contribution in [0.15, 0.2) is 11.6 Å². The predicted octanol–water partition coefficient (Wildman–Crippen LogP) is -0.425. The molecule has 0 bridgehead atoms. The molecule has 1 rings (SSSR count). The van der Waals surface area contributed by atoms with Gasteiger partial charge >= 0.3 is 0 Å². The summed E-state index contributed by atoms with van der Waals surface area (Å²) in [4.78, 5) is 10.6. The molecule has 15 heavy (non-hydrogen) atoms. The first-order valence-corrected chi connectivity index (χ1v) is 6.24. The zero-order chi connectivity index (χ0) is 11.6. The van der Waals surface area contributed by atoms with Gasteiger partial charge in [0.1, 0.15) is 0 Å².